The van der Waals surface area contributed by atoms with E-state index < -0.39 is 32.8 Å². The molecule has 2 aromatic rings. The molecule has 0 aromatic heterocycles. The number of rotatable bonds is 5. The van der Waals surface area contributed by atoms with Crippen LogP contribution in [-0.4, -0.2) is 51.0 Å². The molecule has 3 atom stereocenters. The van der Waals surface area contributed by atoms with Crippen molar-refractivity contribution < 1.29 is 31.5 Å². The smallest absolute Gasteiger partial charge is 0.410 e. The van der Waals surface area contributed by atoms with Crippen LogP contribution >= 0.6 is 0 Å². The summed E-state index contributed by atoms with van der Waals surface area (Å²) in [5, 5.41) is 0. The molecule has 6 nitrogen and oxygen atoms in total. The fourth-order valence-corrected chi connectivity index (χ4v) is 4.94. The molecule has 0 N–H and O–H groups in total. The molecule has 1 amide bonds. The molecule has 9 heteroatoms. The summed E-state index contributed by atoms with van der Waals surface area (Å²) in [6.07, 6.45) is 0.753. The highest BCUT2D eigenvalue weighted by atomic mass is 32.2. The number of fused-ring (bicyclic) bond motifs is 1. The number of benzene rings is 2. The molecular formula is C24H27F2NO5S. The number of carbonyl (C=O) groups excluding carboxylic acids is 1. The zero-order chi connectivity index (χ0) is 24.1. The second kappa shape index (κ2) is 8.27. The molecule has 0 spiro atoms. The van der Waals surface area contributed by atoms with Gasteiger partial charge in [-0.25, -0.2) is 22.0 Å². The van der Waals surface area contributed by atoms with Gasteiger partial charge in [0.1, 0.15) is 5.60 Å². The minimum Gasteiger partial charge on any atom is -0.487 e. The van der Waals surface area contributed by atoms with E-state index >= 15 is 0 Å². The van der Waals surface area contributed by atoms with Gasteiger partial charge >= 0.3 is 6.09 Å². The highest BCUT2D eigenvalue weighted by Crippen LogP contribution is 2.52. The van der Waals surface area contributed by atoms with Crippen LogP contribution in [-0.2, 0) is 14.6 Å². The van der Waals surface area contributed by atoms with Crippen LogP contribution in [0.5, 0.6) is 5.75 Å². The first kappa shape index (κ1) is 23.5. The van der Waals surface area contributed by atoms with E-state index in [4.69, 9.17) is 9.47 Å². The van der Waals surface area contributed by atoms with Crippen molar-refractivity contribution in [1.82, 2.24) is 4.90 Å². The van der Waals surface area contributed by atoms with E-state index in [9.17, 15) is 22.0 Å². The SMILES string of the molecule is CC(C)(C)OC(=O)N1C[C@@H]2C(COc3c(F)cc(-c4ccc(S(C)(=O)=O)cc4)cc3F)[C@@H]2C1. The van der Waals surface area contributed by atoms with E-state index in [1.54, 1.807) is 4.90 Å². The Balaban J connectivity index is 1.36. The Morgan fingerprint density at radius 1 is 1.03 bits per heavy atom. The van der Waals surface area contributed by atoms with Gasteiger partial charge in [0.2, 0.25) is 0 Å². The number of nitrogens with zero attached hydrogens (tertiary/aromatic N) is 1. The lowest BCUT2D eigenvalue weighted by Crippen LogP contribution is -2.37. The maximum Gasteiger partial charge on any atom is 0.410 e. The third-order valence-electron chi connectivity index (χ3n) is 6.06. The van der Waals surface area contributed by atoms with Crippen LogP contribution in [0.1, 0.15) is 20.8 Å². The number of piperidine rings is 1. The average molecular weight is 480 g/mol. The third kappa shape index (κ3) is 5.13. The summed E-state index contributed by atoms with van der Waals surface area (Å²) in [7, 11) is -3.35. The van der Waals surface area contributed by atoms with Crippen LogP contribution in [0.3, 0.4) is 0 Å². The predicted molar refractivity (Wildman–Crippen MR) is 119 cm³/mol. The highest BCUT2D eigenvalue weighted by molar-refractivity contribution is 7.90. The normalized spacial score (nSPS) is 22.1. The van der Waals surface area contributed by atoms with Crippen molar-refractivity contribution in [2.45, 2.75) is 31.3 Å². The molecule has 0 bridgehead atoms. The lowest BCUT2D eigenvalue weighted by Gasteiger charge is -2.25. The molecule has 2 aromatic carbocycles. The van der Waals surface area contributed by atoms with Crippen molar-refractivity contribution in [2.24, 2.45) is 17.8 Å². The van der Waals surface area contributed by atoms with Crippen molar-refractivity contribution >= 4 is 15.9 Å². The lowest BCUT2D eigenvalue weighted by atomic mass is 10.1. The summed E-state index contributed by atoms with van der Waals surface area (Å²) in [4.78, 5) is 14.0. The third-order valence-corrected chi connectivity index (χ3v) is 7.19. The first-order valence-corrected chi connectivity index (χ1v) is 12.6. The van der Waals surface area contributed by atoms with Crippen LogP contribution < -0.4 is 4.74 Å². The molecule has 2 aliphatic rings. The molecule has 0 radical (unpaired) electrons. The van der Waals surface area contributed by atoms with Crippen molar-refractivity contribution in [3.63, 3.8) is 0 Å². The molecule has 1 aliphatic carbocycles. The van der Waals surface area contributed by atoms with Gasteiger partial charge in [-0.05, 0) is 68.0 Å². The van der Waals surface area contributed by atoms with E-state index in [0.717, 1.165) is 6.26 Å². The highest BCUT2D eigenvalue weighted by Gasteiger charge is 2.57. The Kier molecular flexibility index (Phi) is 5.88. The van der Waals surface area contributed by atoms with Crippen LogP contribution in [0.2, 0.25) is 0 Å². The van der Waals surface area contributed by atoms with Gasteiger partial charge in [0.25, 0.3) is 0 Å². The van der Waals surface area contributed by atoms with Crippen LogP contribution in [0.4, 0.5) is 13.6 Å². The topological polar surface area (TPSA) is 72.9 Å². The number of amides is 1. The van der Waals surface area contributed by atoms with Gasteiger partial charge in [0.15, 0.2) is 27.2 Å². The second-order valence-electron chi connectivity index (χ2n) is 9.75. The second-order valence-corrected chi connectivity index (χ2v) is 11.8. The zero-order valence-corrected chi connectivity index (χ0v) is 19.8. The fourth-order valence-electron chi connectivity index (χ4n) is 4.31. The minimum absolute atomic E-state index is 0.132. The largest absolute Gasteiger partial charge is 0.487 e. The zero-order valence-electron chi connectivity index (χ0n) is 19.0. The number of carbonyl (C=O) groups is 1. The molecule has 1 aliphatic heterocycles. The number of hydrogen-bond donors (Lipinski definition) is 0. The quantitative estimate of drug-likeness (QED) is 0.630. The van der Waals surface area contributed by atoms with Crippen LogP contribution in [0.15, 0.2) is 41.3 Å². The maximum atomic E-state index is 14.6. The average Bonchev–Trinajstić information content (AvgIpc) is 3.14. The Hall–Kier alpha value is -2.68. The Labute approximate surface area is 192 Å². The predicted octanol–water partition coefficient (Wildman–Crippen LogP) is 4.53. The maximum absolute atomic E-state index is 14.6. The number of likely N-dealkylation sites (tertiary alicyclic amines) is 1. The van der Waals surface area contributed by atoms with E-state index in [2.05, 4.69) is 0 Å². The summed E-state index contributed by atoms with van der Waals surface area (Å²) >= 11 is 0. The molecule has 33 heavy (non-hydrogen) atoms. The van der Waals surface area contributed by atoms with E-state index in [0.29, 0.717) is 18.7 Å². The molecule has 1 heterocycles. The van der Waals surface area contributed by atoms with Gasteiger partial charge in [-0.2, -0.15) is 0 Å². The summed E-state index contributed by atoms with van der Waals surface area (Å²) in [5.41, 5.74) is 0.225. The van der Waals surface area contributed by atoms with E-state index in [1.807, 2.05) is 20.8 Å². The van der Waals surface area contributed by atoms with Crippen molar-refractivity contribution in [1.29, 1.82) is 0 Å². The first-order valence-electron chi connectivity index (χ1n) is 10.7. The molecule has 4 rings (SSSR count). The van der Waals surface area contributed by atoms with Gasteiger partial charge in [-0.1, -0.05) is 12.1 Å². The lowest BCUT2D eigenvalue weighted by molar-refractivity contribution is 0.0260. The Bertz CT molecular complexity index is 1140. The van der Waals surface area contributed by atoms with Gasteiger partial charge in [0, 0.05) is 25.3 Å². The van der Waals surface area contributed by atoms with Gasteiger partial charge < -0.3 is 14.4 Å². The molecule has 178 valence electrons. The van der Waals surface area contributed by atoms with Crippen LogP contribution in [0, 0.1) is 29.4 Å². The van der Waals surface area contributed by atoms with Gasteiger partial charge in [-0.15, -0.1) is 0 Å². The number of ether oxygens (including phenoxy) is 2. The monoisotopic (exact) mass is 479 g/mol. The fraction of sp³-hybridized carbons (Fsp3) is 0.458. The van der Waals surface area contributed by atoms with Crippen LogP contribution in [0.25, 0.3) is 11.1 Å². The van der Waals surface area contributed by atoms with E-state index in [1.165, 1.54) is 36.4 Å². The summed E-state index contributed by atoms with van der Waals surface area (Å²) in [5.74, 6) is -1.43. The van der Waals surface area contributed by atoms with Crippen molar-refractivity contribution in [3.05, 3.63) is 48.0 Å². The van der Waals surface area contributed by atoms with Crippen molar-refractivity contribution in [2.75, 3.05) is 26.0 Å². The van der Waals surface area contributed by atoms with Crippen molar-refractivity contribution in [3.8, 4) is 16.9 Å². The number of halogens is 2. The molecule has 2 fully saturated rings. The number of sulfone groups is 1. The molecule has 1 saturated heterocycles. The Morgan fingerprint density at radius 2 is 1.58 bits per heavy atom. The molecule has 1 unspecified atom stereocenters. The summed E-state index contributed by atoms with van der Waals surface area (Å²) in [6.45, 7) is 6.74. The minimum atomic E-state index is -3.35. The first-order chi connectivity index (χ1) is 15.3. The Morgan fingerprint density at radius 3 is 2.06 bits per heavy atom. The number of hydrogen-bond acceptors (Lipinski definition) is 5. The summed E-state index contributed by atoms with van der Waals surface area (Å²) < 4.78 is 63.3. The molecular weight excluding hydrogens is 452 g/mol. The van der Waals surface area contributed by atoms with Gasteiger partial charge in [-0.3, -0.25) is 0 Å². The summed E-state index contributed by atoms with van der Waals surface area (Å²) in [6, 6.07) is 8.16. The molecule has 1 saturated carbocycles. The van der Waals surface area contributed by atoms with E-state index in [-0.39, 0.29) is 40.9 Å². The standard InChI is InChI=1S/C24H27F2NO5S/c1-24(2,3)32-23(28)27-11-17-18(12-27)19(17)13-31-22-20(25)9-15(10-21(22)26)14-5-7-16(8-6-14)33(4,29)30/h5-10,17-19H,11-13H2,1-4H3/t17-,18+,19?. The van der Waals surface area contributed by atoms with Gasteiger partial charge in [0.05, 0.1) is 11.5 Å².